The highest BCUT2D eigenvalue weighted by Gasteiger charge is 2.18. The third-order valence-electron chi connectivity index (χ3n) is 9.77. The first kappa shape index (κ1) is 28.3. The maximum absolute atomic E-state index is 5.24. The van der Waals surface area contributed by atoms with Crippen molar-refractivity contribution in [3.05, 3.63) is 182 Å². The molecule has 0 aliphatic rings. The molecule has 0 saturated carbocycles. The van der Waals surface area contributed by atoms with Gasteiger partial charge in [-0.15, -0.1) is 0 Å². The summed E-state index contributed by atoms with van der Waals surface area (Å²) in [7, 11) is 0. The number of aromatic nitrogens is 4. The molecule has 0 N–H and O–H groups in total. The highest BCUT2D eigenvalue weighted by atomic mass is 15.0. The Hall–Kier alpha value is -6.78. The molecule has 0 aliphatic heterocycles. The van der Waals surface area contributed by atoms with E-state index in [1.54, 1.807) is 0 Å². The number of benzene rings is 7. The summed E-state index contributed by atoms with van der Waals surface area (Å²) in [6, 6.07) is 62.0. The van der Waals surface area contributed by atoms with E-state index < -0.39 is 0 Å². The van der Waals surface area contributed by atoms with Crippen LogP contribution in [0.5, 0.6) is 0 Å². The van der Waals surface area contributed by atoms with Crippen LogP contribution >= 0.6 is 0 Å². The van der Waals surface area contributed by atoms with Crippen LogP contribution in [0.3, 0.4) is 0 Å². The van der Waals surface area contributed by atoms with Crippen molar-refractivity contribution in [2.45, 2.75) is 0 Å². The molecular formula is C46H30N4. The molecule has 0 unspecified atom stereocenters. The van der Waals surface area contributed by atoms with Gasteiger partial charge in [0, 0.05) is 50.2 Å². The van der Waals surface area contributed by atoms with E-state index in [4.69, 9.17) is 9.97 Å². The Balaban J connectivity index is 1.12. The van der Waals surface area contributed by atoms with Crippen LogP contribution in [0.4, 0.5) is 0 Å². The van der Waals surface area contributed by atoms with Gasteiger partial charge < -0.3 is 9.13 Å². The van der Waals surface area contributed by atoms with Crippen molar-refractivity contribution in [3.8, 4) is 45.1 Å². The fraction of sp³-hybridized carbons (Fsp3) is 0. The smallest absolute Gasteiger partial charge is 0.160 e. The highest BCUT2D eigenvalue weighted by molar-refractivity contribution is 6.21. The Bertz CT molecular complexity index is 2850. The molecule has 10 aromatic rings. The SMILES string of the molecule is c1ccc(-c2ccc(-c3nc(-c4cccc(-n5c6ccccc6c6c7ccn(-c8ccccc8)c7ccc65)c4)nc4ccccc34)cc2)cc1. The minimum Gasteiger partial charge on any atom is -0.317 e. The van der Waals surface area contributed by atoms with E-state index in [2.05, 4.69) is 179 Å². The molecule has 0 radical (unpaired) electrons. The van der Waals surface area contributed by atoms with Gasteiger partial charge in [-0.2, -0.15) is 0 Å². The molecule has 0 bridgehead atoms. The second-order valence-corrected chi connectivity index (χ2v) is 12.7. The lowest BCUT2D eigenvalue weighted by molar-refractivity contribution is 1.13. The van der Waals surface area contributed by atoms with Crippen LogP contribution in [0.15, 0.2) is 182 Å². The number of nitrogens with zero attached hydrogens (tertiary/aromatic N) is 4. The molecule has 0 aliphatic carbocycles. The van der Waals surface area contributed by atoms with E-state index in [9.17, 15) is 0 Å². The summed E-state index contributed by atoms with van der Waals surface area (Å²) < 4.78 is 4.64. The fourth-order valence-corrected chi connectivity index (χ4v) is 7.44. The van der Waals surface area contributed by atoms with Gasteiger partial charge in [0.2, 0.25) is 0 Å². The normalized spacial score (nSPS) is 11.6. The minimum atomic E-state index is 0.704. The van der Waals surface area contributed by atoms with Crippen LogP contribution in [0, 0.1) is 0 Å². The third kappa shape index (κ3) is 4.54. The summed E-state index contributed by atoms with van der Waals surface area (Å²) in [5.41, 5.74) is 12.0. The molecule has 4 heteroatoms. The van der Waals surface area contributed by atoms with Crippen molar-refractivity contribution >= 4 is 43.6 Å². The van der Waals surface area contributed by atoms with Crippen LogP contribution in [-0.2, 0) is 0 Å². The maximum Gasteiger partial charge on any atom is 0.160 e. The van der Waals surface area contributed by atoms with Crippen LogP contribution in [0.1, 0.15) is 0 Å². The largest absolute Gasteiger partial charge is 0.317 e. The lowest BCUT2D eigenvalue weighted by Crippen LogP contribution is -1.98. The van der Waals surface area contributed by atoms with Gasteiger partial charge in [-0.05, 0) is 65.7 Å². The second kappa shape index (κ2) is 11.4. The van der Waals surface area contributed by atoms with E-state index in [0.717, 1.165) is 39.1 Å². The first-order valence-electron chi connectivity index (χ1n) is 16.9. The van der Waals surface area contributed by atoms with Crippen molar-refractivity contribution in [2.24, 2.45) is 0 Å². The molecule has 3 heterocycles. The number of fused-ring (bicyclic) bond motifs is 6. The monoisotopic (exact) mass is 638 g/mol. The Morgan fingerprint density at radius 3 is 1.84 bits per heavy atom. The number of hydrogen-bond acceptors (Lipinski definition) is 2. The lowest BCUT2D eigenvalue weighted by atomic mass is 10.0. The van der Waals surface area contributed by atoms with E-state index in [1.165, 1.54) is 43.8 Å². The van der Waals surface area contributed by atoms with E-state index in [-0.39, 0.29) is 0 Å². The highest BCUT2D eigenvalue weighted by Crippen LogP contribution is 2.39. The summed E-state index contributed by atoms with van der Waals surface area (Å²) in [6.45, 7) is 0. The zero-order chi connectivity index (χ0) is 33.0. The van der Waals surface area contributed by atoms with Gasteiger partial charge in [0.05, 0.1) is 27.8 Å². The molecule has 0 amide bonds. The zero-order valence-corrected chi connectivity index (χ0v) is 27.1. The van der Waals surface area contributed by atoms with Crippen molar-refractivity contribution in [3.63, 3.8) is 0 Å². The number of para-hydroxylation sites is 3. The Morgan fingerprint density at radius 1 is 0.380 bits per heavy atom. The minimum absolute atomic E-state index is 0.704. The maximum atomic E-state index is 5.24. The molecule has 0 fully saturated rings. The van der Waals surface area contributed by atoms with Gasteiger partial charge in [-0.1, -0.05) is 121 Å². The Morgan fingerprint density at radius 2 is 1.00 bits per heavy atom. The van der Waals surface area contributed by atoms with Gasteiger partial charge in [0.15, 0.2) is 5.82 Å². The van der Waals surface area contributed by atoms with Gasteiger partial charge >= 0.3 is 0 Å². The summed E-state index contributed by atoms with van der Waals surface area (Å²) in [5, 5.41) is 4.75. The average Bonchev–Trinajstić information content (AvgIpc) is 3.78. The summed E-state index contributed by atoms with van der Waals surface area (Å²) >= 11 is 0. The standard InChI is InChI=1S/C46H30N4/c1-3-12-31(13-4-1)32-22-24-33(25-23-32)45-37-18-7-9-20-40(37)47-46(48-45)34-14-11-17-36(30-34)50-42-21-10-8-19-38(42)44-39-28-29-49(35-15-5-2-6-16-35)41(39)26-27-43(44)50/h1-30H. The quantitative estimate of drug-likeness (QED) is 0.188. The molecule has 4 nitrogen and oxygen atoms in total. The molecule has 0 atom stereocenters. The van der Waals surface area contributed by atoms with Crippen LogP contribution in [0.2, 0.25) is 0 Å². The average molecular weight is 639 g/mol. The molecular weight excluding hydrogens is 609 g/mol. The van der Waals surface area contributed by atoms with Crippen LogP contribution in [-0.4, -0.2) is 19.1 Å². The van der Waals surface area contributed by atoms with E-state index in [1.807, 2.05) is 12.1 Å². The second-order valence-electron chi connectivity index (χ2n) is 12.7. The number of hydrogen-bond donors (Lipinski definition) is 0. The lowest BCUT2D eigenvalue weighted by Gasteiger charge is -2.12. The number of rotatable bonds is 5. The van der Waals surface area contributed by atoms with Gasteiger partial charge in [0.1, 0.15) is 0 Å². The van der Waals surface area contributed by atoms with Crippen LogP contribution in [0.25, 0.3) is 88.8 Å². The summed E-state index contributed by atoms with van der Waals surface area (Å²) in [4.78, 5) is 10.3. The van der Waals surface area contributed by atoms with Gasteiger partial charge in [-0.3, -0.25) is 0 Å². The zero-order valence-electron chi connectivity index (χ0n) is 27.1. The summed E-state index contributed by atoms with van der Waals surface area (Å²) in [6.07, 6.45) is 2.18. The topological polar surface area (TPSA) is 35.6 Å². The fourth-order valence-electron chi connectivity index (χ4n) is 7.44. The molecule has 7 aromatic carbocycles. The molecule has 234 valence electrons. The first-order chi connectivity index (χ1) is 24.8. The first-order valence-corrected chi connectivity index (χ1v) is 16.9. The summed E-state index contributed by atoms with van der Waals surface area (Å²) in [5.74, 6) is 0.704. The Labute approximate surface area is 289 Å². The van der Waals surface area contributed by atoms with Crippen LogP contribution < -0.4 is 0 Å². The molecule has 0 saturated heterocycles. The van der Waals surface area contributed by atoms with E-state index in [0.29, 0.717) is 5.82 Å². The predicted octanol–water partition coefficient (Wildman–Crippen LogP) is 11.7. The van der Waals surface area contributed by atoms with E-state index >= 15 is 0 Å². The predicted molar refractivity (Wildman–Crippen MR) is 207 cm³/mol. The van der Waals surface area contributed by atoms with Crippen molar-refractivity contribution in [1.29, 1.82) is 0 Å². The van der Waals surface area contributed by atoms with Gasteiger partial charge in [0.25, 0.3) is 0 Å². The van der Waals surface area contributed by atoms with Crippen molar-refractivity contribution < 1.29 is 0 Å². The van der Waals surface area contributed by atoms with Gasteiger partial charge in [-0.25, -0.2) is 9.97 Å². The van der Waals surface area contributed by atoms with Crippen molar-refractivity contribution in [2.75, 3.05) is 0 Å². The molecule has 3 aromatic heterocycles. The molecule has 10 rings (SSSR count). The Kier molecular flexibility index (Phi) is 6.46. The molecule has 0 spiro atoms. The van der Waals surface area contributed by atoms with Crippen molar-refractivity contribution in [1.82, 2.24) is 19.1 Å². The third-order valence-corrected chi connectivity index (χ3v) is 9.77. The molecule has 50 heavy (non-hydrogen) atoms.